The third kappa shape index (κ3) is 2.86. The van der Waals surface area contributed by atoms with E-state index >= 15 is 0 Å². The quantitative estimate of drug-likeness (QED) is 0.664. The van der Waals surface area contributed by atoms with E-state index in [-0.39, 0.29) is 12.4 Å². The van der Waals surface area contributed by atoms with Gasteiger partial charge in [0.1, 0.15) is 18.1 Å². The summed E-state index contributed by atoms with van der Waals surface area (Å²) in [5, 5.41) is 1.13. The fourth-order valence-corrected chi connectivity index (χ4v) is 3.01. The van der Waals surface area contributed by atoms with Crippen LogP contribution in [0.25, 0.3) is 10.9 Å². The van der Waals surface area contributed by atoms with Crippen LogP contribution in [-0.4, -0.2) is 9.55 Å². The largest absolute Gasteiger partial charge is 0.484 e. The Bertz CT molecular complexity index is 887. The monoisotopic (exact) mass is 330 g/mol. The molecule has 0 atom stereocenters. The summed E-state index contributed by atoms with van der Waals surface area (Å²) in [7, 11) is 0. The molecule has 0 unspecified atom stereocenters. The smallest absolute Gasteiger partial charge is 0.167 e. The summed E-state index contributed by atoms with van der Waals surface area (Å²) in [5.74, 6) is -1.31. The van der Waals surface area contributed by atoms with Gasteiger partial charge in [-0.05, 0) is 44.0 Å². The molecule has 1 aromatic carbocycles. The summed E-state index contributed by atoms with van der Waals surface area (Å²) >= 11 is 0. The van der Waals surface area contributed by atoms with E-state index in [1.807, 2.05) is 6.07 Å². The van der Waals surface area contributed by atoms with Gasteiger partial charge in [-0.1, -0.05) is 6.92 Å². The van der Waals surface area contributed by atoms with Gasteiger partial charge in [0.15, 0.2) is 11.6 Å². The van der Waals surface area contributed by atoms with Crippen LogP contribution in [0.3, 0.4) is 0 Å². The van der Waals surface area contributed by atoms with Gasteiger partial charge >= 0.3 is 0 Å². The fourth-order valence-electron chi connectivity index (χ4n) is 3.01. The molecule has 0 fully saturated rings. The number of pyridine rings is 1. The number of fused-ring (bicyclic) bond motifs is 1. The van der Waals surface area contributed by atoms with Crippen molar-refractivity contribution in [1.82, 2.24) is 9.55 Å². The molecule has 0 bridgehead atoms. The lowest BCUT2D eigenvalue weighted by atomic mass is 10.2. The van der Waals surface area contributed by atoms with Crippen molar-refractivity contribution in [3.8, 4) is 5.75 Å². The molecular weight excluding hydrogens is 310 g/mol. The molecule has 0 spiro atoms. The van der Waals surface area contributed by atoms with Crippen LogP contribution in [0.4, 0.5) is 8.78 Å². The maximum atomic E-state index is 13.7. The van der Waals surface area contributed by atoms with Gasteiger partial charge in [-0.15, -0.1) is 0 Å². The predicted octanol–water partition coefficient (Wildman–Crippen LogP) is 4.92. The molecule has 0 N–H and O–H groups in total. The molecule has 0 saturated carbocycles. The Morgan fingerprint density at radius 3 is 2.67 bits per heavy atom. The molecule has 0 radical (unpaired) electrons. The average molecular weight is 330 g/mol. The van der Waals surface area contributed by atoms with Gasteiger partial charge < -0.3 is 9.30 Å². The van der Waals surface area contributed by atoms with Crippen molar-refractivity contribution in [1.29, 1.82) is 0 Å². The second-order valence-electron chi connectivity index (χ2n) is 5.88. The average Bonchev–Trinajstić information content (AvgIpc) is 2.80. The van der Waals surface area contributed by atoms with E-state index in [9.17, 15) is 8.78 Å². The highest BCUT2D eigenvalue weighted by Gasteiger charge is 2.15. The van der Waals surface area contributed by atoms with Crippen molar-refractivity contribution in [2.75, 3.05) is 0 Å². The Labute approximate surface area is 139 Å². The molecule has 24 heavy (non-hydrogen) atoms. The molecule has 0 amide bonds. The third-order valence-corrected chi connectivity index (χ3v) is 4.33. The number of benzene rings is 1. The minimum Gasteiger partial charge on any atom is -0.484 e. The van der Waals surface area contributed by atoms with Crippen LogP contribution >= 0.6 is 0 Å². The van der Waals surface area contributed by atoms with E-state index in [4.69, 9.17) is 4.74 Å². The fraction of sp³-hybridized carbons (Fsp3) is 0.316. The molecule has 0 aliphatic rings. The van der Waals surface area contributed by atoms with Crippen LogP contribution in [0.15, 0.2) is 30.5 Å². The van der Waals surface area contributed by atoms with Gasteiger partial charge in [-0.25, -0.2) is 8.78 Å². The molecule has 0 aliphatic carbocycles. The minimum atomic E-state index is -0.710. The van der Waals surface area contributed by atoms with E-state index in [1.165, 1.54) is 23.4 Å². The standard InChI is InChI=1S/C19H20F2N2O/c1-4-9-23-13(3)12(2)15-7-8-22-17(19(15)23)11-24-18-6-5-14(20)10-16(18)21/h5-8,10H,4,9,11H2,1-3H3. The molecule has 126 valence electrons. The molecule has 5 heteroatoms. The first-order valence-corrected chi connectivity index (χ1v) is 8.04. The van der Waals surface area contributed by atoms with Gasteiger partial charge in [0.05, 0.1) is 5.52 Å². The summed E-state index contributed by atoms with van der Waals surface area (Å²) in [5.41, 5.74) is 4.20. The zero-order chi connectivity index (χ0) is 17.3. The first-order valence-electron chi connectivity index (χ1n) is 8.04. The minimum absolute atomic E-state index is 0.0252. The van der Waals surface area contributed by atoms with Gasteiger partial charge in [0.2, 0.25) is 0 Å². The van der Waals surface area contributed by atoms with Crippen LogP contribution in [-0.2, 0) is 13.2 Å². The van der Waals surface area contributed by atoms with E-state index in [0.717, 1.165) is 35.6 Å². The SMILES string of the molecule is CCCn1c(C)c(C)c2ccnc(COc3ccc(F)cc3F)c21. The van der Waals surface area contributed by atoms with Crippen molar-refractivity contribution in [2.45, 2.75) is 40.3 Å². The first kappa shape index (κ1) is 16.4. The number of aryl methyl sites for hydroxylation is 2. The highest BCUT2D eigenvalue weighted by atomic mass is 19.1. The summed E-state index contributed by atoms with van der Waals surface area (Å²) in [6.07, 6.45) is 2.75. The Kier molecular flexibility index (Phi) is 4.51. The van der Waals surface area contributed by atoms with E-state index < -0.39 is 11.6 Å². The normalized spacial score (nSPS) is 11.2. The summed E-state index contributed by atoms with van der Waals surface area (Å²) < 4.78 is 34.5. The Morgan fingerprint density at radius 1 is 1.17 bits per heavy atom. The molecule has 3 nitrogen and oxygen atoms in total. The zero-order valence-electron chi connectivity index (χ0n) is 14.1. The zero-order valence-corrected chi connectivity index (χ0v) is 14.1. The Morgan fingerprint density at radius 2 is 1.96 bits per heavy atom. The number of halogens is 2. The van der Waals surface area contributed by atoms with Gasteiger partial charge in [0, 0.05) is 29.9 Å². The lowest BCUT2D eigenvalue weighted by Gasteiger charge is -2.11. The summed E-state index contributed by atoms with van der Waals surface area (Å²) in [4.78, 5) is 4.42. The van der Waals surface area contributed by atoms with Crippen LogP contribution in [0.1, 0.15) is 30.3 Å². The number of hydrogen-bond acceptors (Lipinski definition) is 2. The highest BCUT2D eigenvalue weighted by molar-refractivity contribution is 5.86. The second kappa shape index (κ2) is 6.59. The predicted molar refractivity (Wildman–Crippen MR) is 90.2 cm³/mol. The number of ether oxygens (including phenoxy) is 1. The maximum absolute atomic E-state index is 13.7. The molecule has 2 aromatic heterocycles. The second-order valence-corrected chi connectivity index (χ2v) is 5.88. The number of rotatable bonds is 5. The van der Waals surface area contributed by atoms with E-state index in [1.54, 1.807) is 6.20 Å². The summed E-state index contributed by atoms with van der Waals surface area (Å²) in [6, 6.07) is 5.29. The Hall–Kier alpha value is -2.43. The first-order chi connectivity index (χ1) is 11.5. The van der Waals surface area contributed by atoms with Crippen LogP contribution in [0.2, 0.25) is 0 Å². The van der Waals surface area contributed by atoms with Crippen molar-refractivity contribution < 1.29 is 13.5 Å². The van der Waals surface area contributed by atoms with Crippen LogP contribution in [0.5, 0.6) is 5.75 Å². The molecule has 3 rings (SSSR count). The van der Waals surface area contributed by atoms with Crippen molar-refractivity contribution in [3.63, 3.8) is 0 Å². The van der Waals surface area contributed by atoms with Crippen LogP contribution in [0, 0.1) is 25.5 Å². The highest BCUT2D eigenvalue weighted by Crippen LogP contribution is 2.28. The molecular formula is C19H20F2N2O. The Balaban J connectivity index is 1.98. The van der Waals surface area contributed by atoms with Gasteiger partial charge in [0.25, 0.3) is 0 Å². The third-order valence-electron chi connectivity index (χ3n) is 4.33. The number of nitrogens with zero attached hydrogens (tertiary/aromatic N) is 2. The molecule has 0 aliphatic heterocycles. The van der Waals surface area contributed by atoms with E-state index in [2.05, 4.69) is 30.3 Å². The topological polar surface area (TPSA) is 27.1 Å². The van der Waals surface area contributed by atoms with Crippen molar-refractivity contribution in [2.24, 2.45) is 0 Å². The van der Waals surface area contributed by atoms with Gasteiger partial charge in [-0.2, -0.15) is 0 Å². The number of hydrogen-bond donors (Lipinski definition) is 0. The van der Waals surface area contributed by atoms with Crippen molar-refractivity contribution >= 4 is 10.9 Å². The molecule has 0 saturated heterocycles. The van der Waals surface area contributed by atoms with Crippen molar-refractivity contribution in [3.05, 3.63) is 59.0 Å². The summed E-state index contributed by atoms with van der Waals surface area (Å²) in [6.45, 7) is 7.33. The molecule has 2 heterocycles. The van der Waals surface area contributed by atoms with E-state index in [0.29, 0.717) is 0 Å². The lowest BCUT2D eigenvalue weighted by molar-refractivity contribution is 0.286. The number of aromatic nitrogens is 2. The molecule has 3 aromatic rings. The van der Waals surface area contributed by atoms with Gasteiger partial charge in [-0.3, -0.25) is 4.98 Å². The van der Waals surface area contributed by atoms with Crippen LogP contribution < -0.4 is 4.74 Å². The lowest BCUT2D eigenvalue weighted by Crippen LogP contribution is -2.05. The maximum Gasteiger partial charge on any atom is 0.167 e.